The van der Waals surface area contributed by atoms with Crippen molar-refractivity contribution >= 4 is 45.2 Å². The number of nitrogens with zero attached hydrogens (tertiary/aromatic N) is 1. The molecule has 2 heterocycles. The highest BCUT2D eigenvalue weighted by molar-refractivity contribution is 9.10. The number of carbonyl (C=O) groups excluding carboxylic acids is 2. The Balaban J connectivity index is 1.79. The Bertz CT molecular complexity index is 1130. The molecule has 0 saturated carbocycles. The van der Waals surface area contributed by atoms with E-state index in [4.69, 9.17) is 0 Å². The third-order valence-electron chi connectivity index (χ3n) is 5.90. The first-order valence-electron chi connectivity index (χ1n) is 10.5. The van der Waals surface area contributed by atoms with Crippen molar-refractivity contribution in [1.82, 2.24) is 10.3 Å². The first-order valence-corrected chi connectivity index (χ1v) is 12.5. The van der Waals surface area contributed by atoms with Crippen molar-refractivity contribution in [3.05, 3.63) is 75.2 Å². The molecule has 4 rings (SSSR count). The van der Waals surface area contributed by atoms with Gasteiger partial charge >= 0.3 is 0 Å². The number of hydrogen-bond donors (Lipinski definition) is 2. The molecule has 1 atom stereocenters. The summed E-state index contributed by atoms with van der Waals surface area (Å²) in [6, 6.07) is 11.7. The van der Waals surface area contributed by atoms with Crippen LogP contribution in [0.2, 0.25) is 0 Å². The van der Waals surface area contributed by atoms with Gasteiger partial charge in [-0.2, -0.15) is 0 Å². The van der Waals surface area contributed by atoms with Crippen molar-refractivity contribution in [3.63, 3.8) is 0 Å². The van der Waals surface area contributed by atoms with Crippen LogP contribution in [0.4, 0.5) is 5.82 Å². The first-order chi connectivity index (χ1) is 15.2. The van der Waals surface area contributed by atoms with Gasteiger partial charge in [-0.1, -0.05) is 26.0 Å². The van der Waals surface area contributed by atoms with Crippen LogP contribution in [0.25, 0.3) is 0 Å². The first kappa shape index (κ1) is 22.8. The lowest BCUT2D eigenvalue weighted by atomic mass is 9.68. The summed E-state index contributed by atoms with van der Waals surface area (Å²) in [6.45, 7) is 6.13. The number of carbonyl (C=O) groups is 2. The number of Topliss-reactive ketones (excluding diaryl/α,β-unsaturated/α-hetero) is 1. The maximum atomic E-state index is 13.5. The van der Waals surface area contributed by atoms with Gasteiger partial charge in [0, 0.05) is 50.4 Å². The zero-order valence-electron chi connectivity index (χ0n) is 18.6. The average Bonchev–Trinajstić information content (AvgIpc) is 2.73. The van der Waals surface area contributed by atoms with Crippen LogP contribution in [0.1, 0.15) is 45.1 Å². The molecule has 2 aliphatic rings. The SMILES string of the molecule is CSc1ccc(C2C(C(=O)Nc3ccc(Br)cn3)=C(C)NC3=C2C(=O)CC(C)(C)C3)cc1. The number of benzene rings is 1. The third kappa shape index (κ3) is 4.55. The third-order valence-corrected chi connectivity index (χ3v) is 7.12. The summed E-state index contributed by atoms with van der Waals surface area (Å²) in [5.41, 5.74) is 3.79. The highest BCUT2D eigenvalue weighted by Gasteiger charge is 2.42. The predicted octanol–water partition coefficient (Wildman–Crippen LogP) is 5.81. The van der Waals surface area contributed by atoms with Crippen molar-refractivity contribution < 1.29 is 9.59 Å². The molecule has 2 N–H and O–H groups in total. The van der Waals surface area contributed by atoms with Gasteiger partial charge in [0.05, 0.1) is 0 Å². The summed E-state index contributed by atoms with van der Waals surface area (Å²) in [6.07, 6.45) is 4.91. The van der Waals surface area contributed by atoms with Crippen LogP contribution in [0.15, 0.2) is 74.5 Å². The summed E-state index contributed by atoms with van der Waals surface area (Å²) in [5.74, 6) is -0.109. The minimum absolute atomic E-state index is 0.0993. The number of halogens is 1. The number of anilines is 1. The monoisotopic (exact) mass is 511 g/mol. The second-order valence-electron chi connectivity index (χ2n) is 9.02. The van der Waals surface area contributed by atoms with E-state index in [2.05, 4.69) is 45.4 Å². The van der Waals surface area contributed by atoms with Crippen LogP contribution in [0, 0.1) is 5.41 Å². The number of nitrogens with one attached hydrogen (secondary N) is 2. The lowest BCUT2D eigenvalue weighted by Crippen LogP contribution is -2.39. The molecule has 2 aromatic rings. The second-order valence-corrected chi connectivity index (χ2v) is 10.8. The molecule has 1 unspecified atom stereocenters. The van der Waals surface area contributed by atoms with Gasteiger partial charge in [-0.25, -0.2) is 4.98 Å². The Morgan fingerprint density at radius 2 is 1.91 bits per heavy atom. The Labute approximate surface area is 201 Å². The zero-order valence-corrected chi connectivity index (χ0v) is 21.0. The van der Waals surface area contributed by atoms with Crippen molar-refractivity contribution in [2.24, 2.45) is 5.41 Å². The second kappa shape index (κ2) is 8.87. The van der Waals surface area contributed by atoms with E-state index in [9.17, 15) is 9.59 Å². The Hall–Kier alpha value is -2.38. The Kier molecular flexibility index (Phi) is 6.32. The minimum atomic E-state index is -0.416. The summed E-state index contributed by atoms with van der Waals surface area (Å²) >= 11 is 5.03. The molecule has 7 heteroatoms. The minimum Gasteiger partial charge on any atom is -0.362 e. The summed E-state index contributed by atoms with van der Waals surface area (Å²) in [7, 11) is 0. The van der Waals surface area contributed by atoms with E-state index in [0.29, 0.717) is 23.4 Å². The molecule has 1 aromatic heterocycles. The number of pyridine rings is 1. The van der Waals surface area contributed by atoms with Gasteiger partial charge in [-0.05, 0) is 70.8 Å². The van der Waals surface area contributed by atoms with Gasteiger partial charge in [0.15, 0.2) is 5.78 Å². The number of amides is 1. The van der Waals surface area contributed by atoms with Gasteiger partial charge in [0.25, 0.3) is 5.91 Å². The van der Waals surface area contributed by atoms with Gasteiger partial charge in [0.1, 0.15) is 5.82 Å². The quantitative estimate of drug-likeness (QED) is 0.506. The van der Waals surface area contributed by atoms with E-state index in [-0.39, 0.29) is 17.1 Å². The van der Waals surface area contributed by atoms with Crippen LogP contribution in [-0.2, 0) is 9.59 Å². The molecule has 0 spiro atoms. The molecule has 1 aliphatic carbocycles. The van der Waals surface area contributed by atoms with Crippen LogP contribution in [-0.4, -0.2) is 22.9 Å². The molecule has 166 valence electrons. The topological polar surface area (TPSA) is 71.1 Å². The fourth-order valence-corrected chi connectivity index (χ4v) is 5.14. The van der Waals surface area contributed by atoms with Crippen LogP contribution < -0.4 is 10.6 Å². The van der Waals surface area contributed by atoms with E-state index in [1.54, 1.807) is 24.0 Å². The van der Waals surface area contributed by atoms with Gasteiger partial charge in [0.2, 0.25) is 0 Å². The molecule has 1 aromatic carbocycles. The smallest absolute Gasteiger partial charge is 0.255 e. The van der Waals surface area contributed by atoms with Crippen LogP contribution >= 0.6 is 27.7 Å². The lowest BCUT2D eigenvalue weighted by Gasteiger charge is -2.39. The molecular formula is C25H26BrN3O2S. The normalized spacial score (nSPS) is 20.0. The maximum absolute atomic E-state index is 13.5. The van der Waals surface area contributed by atoms with E-state index in [1.807, 2.05) is 43.5 Å². The molecule has 0 bridgehead atoms. The fraction of sp³-hybridized carbons (Fsp3) is 0.320. The number of allylic oxidation sites excluding steroid dienone is 3. The van der Waals surface area contributed by atoms with Crippen molar-refractivity contribution in [2.45, 2.75) is 44.4 Å². The number of hydrogen-bond acceptors (Lipinski definition) is 5. The van der Waals surface area contributed by atoms with Crippen LogP contribution in [0.5, 0.6) is 0 Å². The Morgan fingerprint density at radius 1 is 1.19 bits per heavy atom. The molecule has 5 nitrogen and oxygen atoms in total. The molecule has 32 heavy (non-hydrogen) atoms. The number of dihydropyridines is 1. The van der Waals surface area contributed by atoms with Crippen LogP contribution in [0.3, 0.4) is 0 Å². The number of aromatic nitrogens is 1. The number of ketones is 1. The Morgan fingerprint density at radius 3 is 2.53 bits per heavy atom. The summed E-state index contributed by atoms with van der Waals surface area (Å²) < 4.78 is 0.835. The molecule has 0 saturated heterocycles. The largest absolute Gasteiger partial charge is 0.362 e. The summed E-state index contributed by atoms with van der Waals surface area (Å²) in [5, 5.41) is 6.31. The molecular weight excluding hydrogens is 486 g/mol. The van der Waals surface area contributed by atoms with Crippen molar-refractivity contribution in [2.75, 3.05) is 11.6 Å². The van der Waals surface area contributed by atoms with Gasteiger partial charge in [-0.15, -0.1) is 11.8 Å². The van der Waals surface area contributed by atoms with Crippen molar-refractivity contribution in [1.29, 1.82) is 0 Å². The standard InChI is InChI=1S/C25H26BrN3O2S/c1-14-21(24(31)29-20-10-7-16(26)13-27-20)22(15-5-8-17(32-4)9-6-15)23-18(28-14)11-25(2,3)12-19(23)30/h5-10,13,22,28H,11-12H2,1-4H3,(H,27,29,31). The molecule has 1 aliphatic heterocycles. The maximum Gasteiger partial charge on any atom is 0.255 e. The molecule has 0 fully saturated rings. The van der Waals surface area contributed by atoms with Gasteiger partial charge < -0.3 is 10.6 Å². The number of rotatable bonds is 4. The number of thioether (sulfide) groups is 1. The van der Waals surface area contributed by atoms with Crippen molar-refractivity contribution in [3.8, 4) is 0 Å². The highest BCUT2D eigenvalue weighted by atomic mass is 79.9. The molecule has 0 radical (unpaired) electrons. The molecule has 1 amide bonds. The van der Waals surface area contributed by atoms with E-state index in [0.717, 1.165) is 32.7 Å². The lowest BCUT2D eigenvalue weighted by molar-refractivity contribution is -0.118. The van der Waals surface area contributed by atoms with E-state index < -0.39 is 5.92 Å². The predicted molar refractivity (Wildman–Crippen MR) is 132 cm³/mol. The van der Waals surface area contributed by atoms with Gasteiger partial charge in [-0.3, -0.25) is 9.59 Å². The van der Waals surface area contributed by atoms with E-state index in [1.165, 1.54) is 0 Å². The highest BCUT2D eigenvalue weighted by Crippen LogP contribution is 2.46. The van der Waals surface area contributed by atoms with E-state index >= 15 is 0 Å². The zero-order chi connectivity index (χ0) is 23.0. The fourth-order valence-electron chi connectivity index (χ4n) is 4.50. The summed E-state index contributed by atoms with van der Waals surface area (Å²) in [4.78, 5) is 32.2. The average molecular weight is 512 g/mol.